The minimum absolute atomic E-state index is 0.00629. The summed E-state index contributed by atoms with van der Waals surface area (Å²) in [6, 6.07) is 0. The number of fused-ring (bicyclic) bond motifs is 1. The number of ether oxygens (including phenoxy) is 1. The average molecular weight is 248 g/mol. The van der Waals surface area contributed by atoms with Gasteiger partial charge in [-0.05, 0) is 12.8 Å². The van der Waals surface area contributed by atoms with Crippen LogP contribution >= 0.6 is 0 Å². The molecule has 1 aromatic rings. The van der Waals surface area contributed by atoms with Crippen LogP contribution in [0.2, 0.25) is 0 Å². The molecule has 94 valence electrons. The molecule has 2 aliphatic rings. The predicted molar refractivity (Wildman–Crippen MR) is 65.4 cm³/mol. The molecule has 2 atom stereocenters. The van der Waals surface area contributed by atoms with Crippen molar-refractivity contribution in [3.05, 3.63) is 16.7 Å². The van der Waals surface area contributed by atoms with Gasteiger partial charge in [-0.1, -0.05) is 0 Å². The van der Waals surface area contributed by atoms with Crippen LogP contribution in [-0.4, -0.2) is 48.7 Å². The Bertz CT molecular complexity index is 508. The van der Waals surface area contributed by atoms with Crippen molar-refractivity contribution in [1.29, 1.82) is 0 Å². The normalized spacial score (nSPS) is 26.7. The Morgan fingerprint density at radius 1 is 1.61 bits per heavy atom. The van der Waals surface area contributed by atoms with E-state index in [9.17, 15) is 4.79 Å². The van der Waals surface area contributed by atoms with Crippen molar-refractivity contribution in [3.63, 3.8) is 0 Å². The van der Waals surface area contributed by atoms with E-state index in [2.05, 4.69) is 9.97 Å². The van der Waals surface area contributed by atoms with Crippen LogP contribution in [0.25, 0.3) is 0 Å². The van der Waals surface area contributed by atoms with Crippen LogP contribution in [0.1, 0.15) is 12.8 Å². The quantitative estimate of drug-likeness (QED) is 0.649. The summed E-state index contributed by atoms with van der Waals surface area (Å²) < 4.78 is 5.68. The fraction of sp³-hybridized carbons (Fsp3) is 0.600. The van der Waals surface area contributed by atoms with E-state index in [-0.39, 0.29) is 24.5 Å². The number of aromatic amines is 1. The highest BCUT2D eigenvalue weighted by molar-refractivity contribution is 6.19. The highest BCUT2D eigenvalue weighted by Crippen LogP contribution is 2.34. The molecule has 1 saturated heterocycles. The van der Waals surface area contributed by atoms with Crippen LogP contribution in [0.3, 0.4) is 0 Å². The lowest BCUT2D eigenvalue weighted by molar-refractivity contribution is 0.0113. The van der Waals surface area contributed by atoms with Gasteiger partial charge >= 0.3 is 0 Å². The SMILES string of the molecule is [B]N1CN([C@H]2CC[C@@H](CO)O2)c2nc[nH]c(=O)c21. The number of aliphatic hydroxyl groups is 1. The first-order chi connectivity index (χ1) is 8.70. The zero-order valence-electron chi connectivity index (χ0n) is 9.74. The molecular weight excluding hydrogens is 235 g/mol. The maximum Gasteiger partial charge on any atom is 0.275 e. The minimum Gasteiger partial charge on any atom is -0.402 e. The van der Waals surface area contributed by atoms with Gasteiger partial charge in [0.15, 0.2) is 5.82 Å². The summed E-state index contributed by atoms with van der Waals surface area (Å²) in [5.74, 6) is 0.532. The van der Waals surface area contributed by atoms with Crippen molar-refractivity contribution in [2.45, 2.75) is 25.2 Å². The number of aliphatic hydroxyl groups excluding tert-OH is 1. The monoisotopic (exact) mass is 248 g/mol. The first-order valence-electron chi connectivity index (χ1n) is 5.83. The Morgan fingerprint density at radius 3 is 3.17 bits per heavy atom. The van der Waals surface area contributed by atoms with Crippen molar-refractivity contribution in [1.82, 2.24) is 9.97 Å². The van der Waals surface area contributed by atoms with Crippen LogP contribution in [0.15, 0.2) is 11.1 Å². The number of H-pyrrole nitrogens is 1. The Kier molecular flexibility index (Phi) is 2.75. The second kappa shape index (κ2) is 4.29. The molecule has 2 aliphatic heterocycles. The molecule has 0 saturated carbocycles. The topological polar surface area (TPSA) is 81.7 Å². The molecule has 0 aromatic carbocycles. The lowest BCUT2D eigenvalue weighted by Gasteiger charge is -2.25. The van der Waals surface area contributed by atoms with E-state index in [4.69, 9.17) is 17.8 Å². The second-order valence-corrected chi connectivity index (χ2v) is 4.46. The lowest BCUT2D eigenvalue weighted by atomic mass is 10.2. The third-order valence-electron chi connectivity index (χ3n) is 3.31. The summed E-state index contributed by atoms with van der Waals surface area (Å²) in [4.78, 5) is 21.5. The van der Waals surface area contributed by atoms with Gasteiger partial charge in [0.2, 0.25) is 7.98 Å². The summed E-state index contributed by atoms with van der Waals surface area (Å²) in [5, 5.41) is 9.07. The van der Waals surface area contributed by atoms with E-state index in [1.54, 1.807) is 0 Å². The van der Waals surface area contributed by atoms with Crippen LogP contribution in [0.5, 0.6) is 0 Å². The van der Waals surface area contributed by atoms with E-state index in [0.29, 0.717) is 18.2 Å². The van der Waals surface area contributed by atoms with Crippen LogP contribution < -0.4 is 15.3 Å². The Hall–Kier alpha value is -1.54. The van der Waals surface area contributed by atoms with Gasteiger partial charge in [0.05, 0.1) is 25.7 Å². The van der Waals surface area contributed by atoms with Crippen molar-refractivity contribution in [2.75, 3.05) is 23.0 Å². The fourth-order valence-corrected chi connectivity index (χ4v) is 2.43. The maximum absolute atomic E-state index is 11.7. The van der Waals surface area contributed by atoms with Gasteiger partial charge in [-0.15, -0.1) is 0 Å². The first-order valence-corrected chi connectivity index (χ1v) is 5.83. The summed E-state index contributed by atoms with van der Waals surface area (Å²) in [7, 11) is 5.80. The molecule has 8 heteroatoms. The third kappa shape index (κ3) is 1.68. The maximum atomic E-state index is 11.7. The van der Waals surface area contributed by atoms with Gasteiger partial charge in [0, 0.05) is 0 Å². The number of nitrogens with zero attached hydrogens (tertiary/aromatic N) is 3. The molecule has 0 aliphatic carbocycles. The molecule has 3 heterocycles. The number of nitrogens with one attached hydrogen (secondary N) is 1. The van der Waals surface area contributed by atoms with Crippen molar-refractivity contribution >= 4 is 19.5 Å². The Labute approximate surface area is 105 Å². The van der Waals surface area contributed by atoms with E-state index in [0.717, 1.165) is 12.8 Å². The van der Waals surface area contributed by atoms with Crippen molar-refractivity contribution < 1.29 is 9.84 Å². The summed E-state index contributed by atoms with van der Waals surface area (Å²) >= 11 is 0. The molecule has 0 unspecified atom stereocenters. The van der Waals surface area contributed by atoms with Gasteiger partial charge < -0.3 is 24.5 Å². The number of hydrogen-bond acceptors (Lipinski definition) is 6. The van der Waals surface area contributed by atoms with E-state index < -0.39 is 0 Å². The molecule has 2 N–H and O–H groups in total. The molecular formula is C10H13BN4O3. The summed E-state index contributed by atoms with van der Waals surface area (Å²) in [6.07, 6.45) is 2.59. The van der Waals surface area contributed by atoms with Gasteiger partial charge in [0.1, 0.15) is 11.9 Å². The molecule has 2 radical (unpaired) electrons. The summed E-state index contributed by atoms with van der Waals surface area (Å²) in [6.45, 7) is 0.366. The van der Waals surface area contributed by atoms with Gasteiger partial charge in [-0.25, -0.2) is 4.98 Å². The molecule has 3 rings (SSSR count). The number of aromatic nitrogens is 2. The highest BCUT2D eigenvalue weighted by Gasteiger charge is 2.36. The van der Waals surface area contributed by atoms with Gasteiger partial charge in [0.25, 0.3) is 5.56 Å². The second-order valence-electron chi connectivity index (χ2n) is 4.46. The number of hydrogen-bond donors (Lipinski definition) is 2. The van der Waals surface area contributed by atoms with Gasteiger partial charge in [-0.3, -0.25) is 4.79 Å². The molecule has 7 nitrogen and oxygen atoms in total. The average Bonchev–Trinajstić information content (AvgIpc) is 2.94. The largest absolute Gasteiger partial charge is 0.402 e. The van der Waals surface area contributed by atoms with E-state index in [1.807, 2.05) is 4.90 Å². The van der Waals surface area contributed by atoms with Crippen molar-refractivity contribution in [3.8, 4) is 0 Å². The Balaban J connectivity index is 1.90. The molecule has 1 aromatic heterocycles. The lowest BCUT2D eigenvalue weighted by Crippen LogP contribution is -2.38. The van der Waals surface area contributed by atoms with E-state index >= 15 is 0 Å². The first kappa shape index (κ1) is 11.5. The number of anilines is 2. The molecule has 18 heavy (non-hydrogen) atoms. The minimum atomic E-state index is -0.262. The molecule has 0 amide bonds. The zero-order chi connectivity index (χ0) is 12.7. The molecule has 0 bridgehead atoms. The molecule has 0 spiro atoms. The van der Waals surface area contributed by atoms with E-state index in [1.165, 1.54) is 11.1 Å². The van der Waals surface area contributed by atoms with Gasteiger partial charge in [-0.2, -0.15) is 0 Å². The fourth-order valence-electron chi connectivity index (χ4n) is 2.43. The highest BCUT2D eigenvalue weighted by atomic mass is 16.5. The smallest absolute Gasteiger partial charge is 0.275 e. The van der Waals surface area contributed by atoms with Crippen LogP contribution in [-0.2, 0) is 4.74 Å². The Morgan fingerprint density at radius 2 is 2.44 bits per heavy atom. The molecule has 1 fully saturated rings. The number of rotatable bonds is 2. The van der Waals surface area contributed by atoms with Crippen LogP contribution in [0, 0.1) is 0 Å². The summed E-state index contributed by atoms with van der Waals surface area (Å²) in [5.41, 5.74) is 0.0928. The third-order valence-corrected chi connectivity index (χ3v) is 3.31. The standard InChI is InChI=1S/C10H13BN4O3/c11-15-5-14(7-2-1-6(3-16)18-7)9-8(15)10(17)13-4-12-9/h4,6-7,16H,1-3,5H2,(H,12,13,17)/t6-,7+/m0/s1. The van der Waals surface area contributed by atoms with Crippen molar-refractivity contribution in [2.24, 2.45) is 0 Å². The predicted octanol–water partition coefficient (Wildman–Crippen LogP) is -1.07. The zero-order valence-corrected chi connectivity index (χ0v) is 9.74. The van der Waals surface area contributed by atoms with Crippen LogP contribution in [0.4, 0.5) is 11.5 Å².